The van der Waals surface area contributed by atoms with E-state index in [2.05, 4.69) is 40.0 Å². The van der Waals surface area contributed by atoms with E-state index >= 15 is 0 Å². The quantitative estimate of drug-likeness (QED) is 0.664. The van der Waals surface area contributed by atoms with Crippen molar-refractivity contribution in [2.24, 2.45) is 0 Å². The Kier molecular flexibility index (Phi) is 7.50. The van der Waals surface area contributed by atoms with E-state index in [4.69, 9.17) is 26.4 Å². The van der Waals surface area contributed by atoms with Gasteiger partial charge in [-0.3, -0.25) is 4.90 Å². The lowest BCUT2D eigenvalue weighted by Gasteiger charge is -2.38. The zero-order valence-corrected chi connectivity index (χ0v) is 18.1. The molecule has 28 heavy (non-hydrogen) atoms. The fraction of sp³-hybridized carbons (Fsp3) is 0.450. The first-order chi connectivity index (χ1) is 13.6. The van der Waals surface area contributed by atoms with E-state index in [0.29, 0.717) is 10.9 Å². The third kappa shape index (κ3) is 5.14. The molecule has 6 nitrogen and oxygen atoms in total. The monoisotopic (exact) mass is 421 g/mol. The molecular formula is C20H27N3O3S2. The van der Waals surface area contributed by atoms with Gasteiger partial charge < -0.3 is 24.8 Å². The third-order valence-electron chi connectivity index (χ3n) is 4.76. The summed E-state index contributed by atoms with van der Waals surface area (Å²) in [7, 11) is 3.27. The number of nitrogens with one attached hydrogen (secondary N) is 2. The predicted molar refractivity (Wildman–Crippen MR) is 118 cm³/mol. The van der Waals surface area contributed by atoms with Crippen LogP contribution in [0.1, 0.15) is 17.8 Å². The molecule has 0 aliphatic carbocycles. The molecule has 2 N–H and O–H groups in total. The molecule has 1 fully saturated rings. The van der Waals surface area contributed by atoms with Crippen LogP contribution in [-0.4, -0.2) is 56.6 Å². The molecule has 2 atom stereocenters. The van der Waals surface area contributed by atoms with Crippen LogP contribution in [0.15, 0.2) is 35.7 Å². The van der Waals surface area contributed by atoms with E-state index < -0.39 is 0 Å². The number of ether oxygens (including phenoxy) is 3. The van der Waals surface area contributed by atoms with Crippen LogP contribution in [0.3, 0.4) is 0 Å². The van der Waals surface area contributed by atoms with Gasteiger partial charge in [-0.15, -0.1) is 11.3 Å². The molecule has 0 unspecified atom stereocenters. The SMILES string of the molecule is COc1ccc(OC)c(NC(=S)N[C@H](C)[C@H](c2cccs2)N2CCOCC2)c1. The van der Waals surface area contributed by atoms with E-state index in [1.54, 1.807) is 25.6 Å². The Morgan fingerprint density at radius 3 is 2.64 bits per heavy atom. The first-order valence-corrected chi connectivity index (χ1v) is 10.6. The van der Waals surface area contributed by atoms with Gasteiger partial charge in [-0.1, -0.05) is 6.07 Å². The first kappa shape index (κ1) is 20.9. The highest BCUT2D eigenvalue weighted by atomic mass is 32.1. The summed E-state index contributed by atoms with van der Waals surface area (Å²) in [6.45, 7) is 5.52. The largest absolute Gasteiger partial charge is 0.497 e. The van der Waals surface area contributed by atoms with Crippen molar-refractivity contribution in [2.45, 2.75) is 19.0 Å². The van der Waals surface area contributed by atoms with Gasteiger partial charge in [0.2, 0.25) is 0 Å². The molecule has 1 saturated heterocycles. The number of thiophene rings is 1. The number of thiocarbonyl (C=S) groups is 1. The second-order valence-corrected chi connectivity index (χ2v) is 7.95. The van der Waals surface area contributed by atoms with Crippen LogP contribution in [0.2, 0.25) is 0 Å². The highest BCUT2D eigenvalue weighted by molar-refractivity contribution is 7.80. The maximum atomic E-state index is 5.59. The summed E-state index contributed by atoms with van der Waals surface area (Å²) in [6.07, 6.45) is 0. The van der Waals surface area contributed by atoms with Crippen LogP contribution in [0.4, 0.5) is 5.69 Å². The molecule has 8 heteroatoms. The lowest BCUT2D eigenvalue weighted by molar-refractivity contribution is 0.0110. The molecule has 1 aromatic carbocycles. The number of methoxy groups -OCH3 is 2. The van der Waals surface area contributed by atoms with Crippen molar-refractivity contribution in [2.75, 3.05) is 45.8 Å². The fourth-order valence-electron chi connectivity index (χ4n) is 3.41. The number of morpholine rings is 1. The minimum absolute atomic E-state index is 0.119. The lowest BCUT2D eigenvalue weighted by atomic mass is 10.1. The molecule has 1 aromatic heterocycles. The maximum Gasteiger partial charge on any atom is 0.171 e. The van der Waals surface area contributed by atoms with Crippen molar-refractivity contribution in [3.63, 3.8) is 0 Å². The summed E-state index contributed by atoms with van der Waals surface area (Å²) in [5.74, 6) is 1.45. The minimum atomic E-state index is 0.119. The molecule has 0 saturated carbocycles. The van der Waals surface area contributed by atoms with Gasteiger partial charge >= 0.3 is 0 Å². The van der Waals surface area contributed by atoms with Crippen LogP contribution in [0.5, 0.6) is 11.5 Å². The number of hydrogen-bond acceptors (Lipinski definition) is 6. The van der Waals surface area contributed by atoms with Gasteiger partial charge in [0.1, 0.15) is 11.5 Å². The fourth-order valence-corrected chi connectivity index (χ4v) is 4.67. The molecular weight excluding hydrogens is 394 g/mol. The Morgan fingerprint density at radius 2 is 2.00 bits per heavy atom. The third-order valence-corrected chi connectivity index (χ3v) is 5.92. The van der Waals surface area contributed by atoms with Crippen LogP contribution in [0, 0.1) is 0 Å². The molecule has 0 amide bonds. The zero-order chi connectivity index (χ0) is 19.9. The molecule has 0 radical (unpaired) electrons. The highest BCUT2D eigenvalue weighted by Gasteiger charge is 2.29. The van der Waals surface area contributed by atoms with Gasteiger partial charge in [0.25, 0.3) is 0 Å². The molecule has 0 bridgehead atoms. The highest BCUT2D eigenvalue weighted by Crippen LogP contribution is 2.30. The van der Waals surface area contributed by atoms with Gasteiger partial charge in [-0.25, -0.2) is 0 Å². The summed E-state index contributed by atoms with van der Waals surface area (Å²) >= 11 is 7.36. The Labute approximate surface area is 175 Å². The molecule has 2 aromatic rings. The Morgan fingerprint density at radius 1 is 1.21 bits per heavy atom. The minimum Gasteiger partial charge on any atom is -0.497 e. The van der Waals surface area contributed by atoms with Gasteiger partial charge in [0.05, 0.1) is 39.2 Å². The molecule has 1 aliphatic rings. The van der Waals surface area contributed by atoms with Crippen LogP contribution in [-0.2, 0) is 4.74 Å². The van der Waals surface area contributed by atoms with Crippen molar-refractivity contribution in [1.29, 1.82) is 0 Å². The Hall–Kier alpha value is -1.87. The van der Waals surface area contributed by atoms with E-state index in [1.165, 1.54) is 4.88 Å². The summed E-state index contributed by atoms with van der Waals surface area (Å²) in [4.78, 5) is 3.78. The molecule has 1 aliphatic heterocycles. The van der Waals surface area contributed by atoms with Crippen molar-refractivity contribution in [3.8, 4) is 11.5 Å². The average Bonchev–Trinajstić information content (AvgIpc) is 3.23. The van der Waals surface area contributed by atoms with Crippen LogP contribution >= 0.6 is 23.6 Å². The van der Waals surface area contributed by atoms with E-state index in [0.717, 1.165) is 37.7 Å². The number of rotatable bonds is 7. The van der Waals surface area contributed by atoms with Gasteiger partial charge in [-0.05, 0) is 42.7 Å². The van der Waals surface area contributed by atoms with E-state index in [9.17, 15) is 0 Å². The second-order valence-electron chi connectivity index (χ2n) is 6.56. The number of benzene rings is 1. The predicted octanol–water partition coefficient (Wildman–Crippen LogP) is 3.51. The number of nitrogens with zero attached hydrogens (tertiary/aromatic N) is 1. The molecule has 152 valence electrons. The Bertz CT molecular complexity index is 764. The second kappa shape index (κ2) is 10.1. The maximum absolute atomic E-state index is 5.59. The standard InChI is InChI=1S/C20H27N3O3S2/c1-14(19(18-5-4-12-28-18)23-8-10-26-11-9-23)21-20(27)22-16-13-15(24-2)6-7-17(16)25-3/h4-7,12-14,19H,8-11H2,1-3H3,(H2,21,22,27)/t14-,19-/m1/s1. The van der Waals surface area contributed by atoms with Gasteiger partial charge in [0, 0.05) is 30.1 Å². The van der Waals surface area contributed by atoms with Gasteiger partial charge in [-0.2, -0.15) is 0 Å². The zero-order valence-electron chi connectivity index (χ0n) is 16.4. The number of hydrogen-bond donors (Lipinski definition) is 2. The van der Waals surface area contributed by atoms with Crippen molar-refractivity contribution in [1.82, 2.24) is 10.2 Å². The summed E-state index contributed by atoms with van der Waals surface area (Å²) in [5, 5.41) is 9.36. The van der Waals surface area contributed by atoms with Crippen molar-refractivity contribution in [3.05, 3.63) is 40.6 Å². The summed E-state index contributed by atoms with van der Waals surface area (Å²) in [5.41, 5.74) is 0.769. The topological polar surface area (TPSA) is 55.0 Å². The Balaban J connectivity index is 1.71. The molecule has 3 rings (SSSR count). The number of anilines is 1. The van der Waals surface area contributed by atoms with Gasteiger partial charge in [0.15, 0.2) is 5.11 Å². The normalized spacial score (nSPS) is 16.8. The van der Waals surface area contributed by atoms with Crippen LogP contribution < -0.4 is 20.1 Å². The average molecular weight is 422 g/mol. The van der Waals surface area contributed by atoms with Crippen molar-refractivity contribution >= 4 is 34.4 Å². The van der Waals surface area contributed by atoms with Crippen LogP contribution in [0.25, 0.3) is 0 Å². The molecule has 2 heterocycles. The lowest BCUT2D eigenvalue weighted by Crippen LogP contribution is -2.49. The van der Waals surface area contributed by atoms with Crippen molar-refractivity contribution < 1.29 is 14.2 Å². The first-order valence-electron chi connectivity index (χ1n) is 9.27. The van der Waals surface area contributed by atoms with E-state index in [1.807, 2.05) is 18.2 Å². The smallest absolute Gasteiger partial charge is 0.171 e. The van der Waals surface area contributed by atoms with E-state index in [-0.39, 0.29) is 12.1 Å². The summed E-state index contributed by atoms with van der Waals surface area (Å²) in [6, 6.07) is 10.2. The molecule has 0 spiro atoms. The summed E-state index contributed by atoms with van der Waals surface area (Å²) < 4.78 is 16.3.